The molecule has 158 valence electrons. The van der Waals surface area contributed by atoms with Crippen LogP contribution in [-0.2, 0) is 16.1 Å². The lowest BCUT2D eigenvalue weighted by atomic mass is 10.1. The van der Waals surface area contributed by atoms with Crippen LogP contribution in [0, 0.1) is 0 Å². The van der Waals surface area contributed by atoms with Crippen molar-refractivity contribution in [1.82, 2.24) is 19.8 Å². The van der Waals surface area contributed by atoms with Crippen molar-refractivity contribution in [3.8, 4) is 0 Å². The zero-order chi connectivity index (χ0) is 20.6. The number of fused-ring (bicyclic) bond motifs is 1. The Morgan fingerprint density at radius 1 is 1.17 bits per heavy atom. The molecule has 0 radical (unpaired) electrons. The first-order valence-electron chi connectivity index (χ1n) is 10.8. The molecule has 6 nitrogen and oxygen atoms in total. The Kier molecular flexibility index (Phi) is 7.98. The van der Waals surface area contributed by atoms with E-state index >= 15 is 0 Å². The summed E-state index contributed by atoms with van der Waals surface area (Å²) in [5.74, 6) is 0.157. The first kappa shape index (κ1) is 21.7. The summed E-state index contributed by atoms with van der Waals surface area (Å²) in [5, 5.41) is 3.73. The highest BCUT2D eigenvalue weighted by atomic mass is 32.2. The first-order chi connectivity index (χ1) is 14.1. The highest BCUT2D eigenvalue weighted by Crippen LogP contribution is 2.24. The topological polar surface area (TPSA) is 67.2 Å². The standard InChI is InChI=1S/C22H32N4O2S/c1-3-4-8-15-26-19-12-7-6-11-18(19)24-22(26)29-16-20(27)23-17(2)21(28)25-13-9-5-10-14-25/h6-7,11-12,17H,3-5,8-10,13-16H2,1-2H3,(H,23,27). The van der Waals surface area contributed by atoms with Crippen molar-refractivity contribution < 1.29 is 9.59 Å². The largest absolute Gasteiger partial charge is 0.344 e. The Labute approximate surface area is 177 Å². The van der Waals surface area contributed by atoms with Crippen LogP contribution < -0.4 is 5.32 Å². The number of rotatable bonds is 9. The van der Waals surface area contributed by atoms with Crippen molar-refractivity contribution in [1.29, 1.82) is 0 Å². The SMILES string of the molecule is CCCCCn1c(SCC(=O)NC(C)C(=O)N2CCCCC2)nc2ccccc21. The van der Waals surface area contributed by atoms with E-state index in [0.29, 0.717) is 0 Å². The highest BCUT2D eigenvalue weighted by Gasteiger charge is 2.23. The second kappa shape index (κ2) is 10.7. The number of hydrogen-bond donors (Lipinski definition) is 1. The van der Waals surface area contributed by atoms with Gasteiger partial charge >= 0.3 is 0 Å². The van der Waals surface area contributed by atoms with Crippen LogP contribution in [0.2, 0.25) is 0 Å². The van der Waals surface area contributed by atoms with Crippen LogP contribution in [0.1, 0.15) is 52.4 Å². The van der Waals surface area contributed by atoms with Gasteiger partial charge in [-0.2, -0.15) is 0 Å². The molecule has 3 rings (SSSR count). The molecule has 1 saturated heterocycles. The number of piperidine rings is 1. The molecule has 2 heterocycles. The van der Waals surface area contributed by atoms with Crippen LogP contribution in [0.5, 0.6) is 0 Å². The molecule has 1 atom stereocenters. The van der Waals surface area contributed by atoms with Gasteiger partial charge in [0.05, 0.1) is 16.8 Å². The van der Waals surface area contributed by atoms with Gasteiger partial charge in [-0.25, -0.2) is 4.98 Å². The Morgan fingerprint density at radius 2 is 1.93 bits per heavy atom. The molecule has 0 bridgehead atoms. The van der Waals surface area contributed by atoms with Crippen LogP contribution in [0.25, 0.3) is 11.0 Å². The number of imidazole rings is 1. The second-order valence-corrected chi connectivity index (χ2v) is 8.65. The maximum absolute atomic E-state index is 12.5. The Balaban J connectivity index is 1.58. The summed E-state index contributed by atoms with van der Waals surface area (Å²) in [7, 11) is 0. The van der Waals surface area contributed by atoms with E-state index < -0.39 is 6.04 Å². The number of para-hydroxylation sites is 2. The lowest BCUT2D eigenvalue weighted by molar-refractivity contribution is -0.136. The van der Waals surface area contributed by atoms with E-state index in [9.17, 15) is 9.59 Å². The third kappa shape index (κ3) is 5.75. The number of carbonyl (C=O) groups excluding carboxylic acids is 2. The Hall–Kier alpha value is -2.02. The van der Waals surface area contributed by atoms with Gasteiger partial charge in [0.15, 0.2) is 5.16 Å². The Morgan fingerprint density at radius 3 is 2.69 bits per heavy atom. The third-order valence-corrected chi connectivity index (χ3v) is 6.33. The van der Waals surface area contributed by atoms with Crippen LogP contribution in [0.3, 0.4) is 0 Å². The molecular weight excluding hydrogens is 384 g/mol. The molecular formula is C22H32N4O2S. The van der Waals surface area contributed by atoms with Gasteiger partial charge in [0.1, 0.15) is 6.04 Å². The molecule has 1 aromatic carbocycles. The predicted octanol–water partition coefficient (Wildman–Crippen LogP) is 3.84. The van der Waals surface area contributed by atoms with E-state index in [-0.39, 0.29) is 17.6 Å². The van der Waals surface area contributed by atoms with E-state index in [4.69, 9.17) is 4.98 Å². The zero-order valence-electron chi connectivity index (χ0n) is 17.5. The van der Waals surface area contributed by atoms with E-state index in [1.165, 1.54) is 31.0 Å². The van der Waals surface area contributed by atoms with Gasteiger partial charge in [0.25, 0.3) is 0 Å². The van der Waals surface area contributed by atoms with Crippen LogP contribution in [-0.4, -0.2) is 51.1 Å². The predicted molar refractivity (Wildman–Crippen MR) is 118 cm³/mol. The highest BCUT2D eigenvalue weighted by molar-refractivity contribution is 7.99. The summed E-state index contributed by atoms with van der Waals surface area (Å²) >= 11 is 1.44. The molecule has 2 amide bonds. The van der Waals surface area contributed by atoms with E-state index in [1.54, 1.807) is 6.92 Å². The van der Waals surface area contributed by atoms with Gasteiger partial charge in [-0.1, -0.05) is 43.7 Å². The van der Waals surface area contributed by atoms with Crippen molar-refractivity contribution in [2.24, 2.45) is 0 Å². The van der Waals surface area contributed by atoms with E-state index in [2.05, 4.69) is 22.9 Å². The number of nitrogens with one attached hydrogen (secondary N) is 1. The number of aromatic nitrogens is 2. The minimum atomic E-state index is -0.482. The Bertz CT molecular complexity index is 829. The van der Waals surface area contributed by atoms with Gasteiger partial charge in [-0.05, 0) is 44.7 Å². The van der Waals surface area contributed by atoms with E-state index in [0.717, 1.165) is 55.1 Å². The zero-order valence-corrected chi connectivity index (χ0v) is 18.3. The van der Waals surface area contributed by atoms with Crippen molar-refractivity contribution in [2.75, 3.05) is 18.8 Å². The minimum absolute atomic E-state index is 0.0230. The summed E-state index contributed by atoms with van der Waals surface area (Å²) in [6.07, 6.45) is 6.72. The van der Waals surface area contributed by atoms with Gasteiger partial charge in [0.2, 0.25) is 11.8 Å². The van der Waals surface area contributed by atoms with Gasteiger partial charge < -0.3 is 14.8 Å². The number of unbranched alkanes of at least 4 members (excludes halogenated alkanes) is 2. The van der Waals surface area contributed by atoms with Crippen LogP contribution in [0.4, 0.5) is 0 Å². The second-order valence-electron chi connectivity index (χ2n) is 7.71. The molecule has 1 aromatic heterocycles. The fraction of sp³-hybridized carbons (Fsp3) is 0.591. The first-order valence-corrected chi connectivity index (χ1v) is 11.7. The number of nitrogens with zero attached hydrogens (tertiary/aromatic N) is 3. The van der Waals surface area contributed by atoms with Crippen molar-refractivity contribution in [3.63, 3.8) is 0 Å². The smallest absolute Gasteiger partial charge is 0.244 e. The molecule has 1 N–H and O–H groups in total. The summed E-state index contributed by atoms with van der Waals surface area (Å²) in [4.78, 5) is 31.6. The number of thioether (sulfide) groups is 1. The molecule has 0 saturated carbocycles. The third-order valence-electron chi connectivity index (χ3n) is 5.35. The fourth-order valence-corrected chi connectivity index (χ4v) is 4.61. The number of hydrogen-bond acceptors (Lipinski definition) is 4. The quantitative estimate of drug-likeness (QED) is 0.498. The average molecular weight is 417 g/mol. The molecule has 1 aliphatic rings. The molecule has 7 heteroatoms. The lowest BCUT2D eigenvalue weighted by Gasteiger charge is -2.29. The molecule has 0 spiro atoms. The maximum atomic E-state index is 12.5. The number of amides is 2. The average Bonchev–Trinajstić information content (AvgIpc) is 3.10. The normalized spacial score (nSPS) is 15.4. The summed E-state index contributed by atoms with van der Waals surface area (Å²) in [5.41, 5.74) is 2.07. The molecule has 29 heavy (non-hydrogen) atoms. The van der Waals surface area contributed by atoms with Gasteiger partial charge in [-0.3, -0.25) is 9.59 Å². The van der Waals surface area contributed by atoms with E-state index in [1.807, 2.05) is 23.1 Å². The number of aryl methyl sites for hydroxylation is 1. The maximum Gasteiger partial charge on any atom is 0.244 e. The molecule has 0 aliphatic carbocycles. The lowest BCUT2D eigenvalue weighted by Crippen LogP contribution is -2.48. The minimum Gasteiger partial charge on any atom is -0.344 e. The monoisotopic (exact) mass is 416 g/mol. The van der Waals surface area contributed by atoms with Gasteiger partial charge in [0, 0.05) is 19.6 Å². The molecule has 1 fully saturated rings. The van der Waals surface area contributed by atoms with Gasteiger partial charge in [-0.15, -0.1) is 0 Å². The number of benzene rings is 1. The summed E-state index contributed by atoms with van der Waals surface area (Å²) in [6, 6.07) is 7.62. The van der Waals surface area contributed by atoms with Crippen LogP contribution in [0.15, 0.2) is 29.4 Å². The fourth-order valence-electron chi connectivity index (χ4n) is 3.76. The number of carbonyl (C=O) groups is 2. The summed E-state index contributed by atoms with van der Waals surface area (Å²) < 4.78 is 2.21. The molecule has 1 unspecified atom stereocenters. The van der Waals surface area contributed by atoms with Crippen molar-refractivity contribution in [2.45, 2.75) is 70.1 Å². The molecule has 1 aliphatic heterocycles. The van der Waals surface area contributed by atoms with Crippen LogP contribution >= 0.6 is 11.8 Å². The van der Waals surface area contributed by atoms with Crippen molar-refractivity contribution in [3.05, 3.63) is 24.3 Å². The molecule has 2 aromatic rings. The summed E-state index contributed by atoms with van der Waals surface area (Å²) in [6.45, 7) is 6.48. The van der Waals surface area contributed by atoms with Crippen molar-refractivity contribution >= 4 is 34.6 Å². The number of likely N-dealkylation sites (tertiary alicyclic amines) is 1.